The molecule has 1 aliphatic heterocycles. The Morgan fingerprint density at radius 1 is 1.21 bits per heavy atom. The first-order valence-corrected chi connectivity index (χ1v) is 11.2. The van der Waals surface area contributed by atoms with Gasteiger partial charge in [-0.05, 0) is 53.8 Å². The maximum Gasteiger partial charge on any atom is 0.318 e. The highest BCUT2D eigenvalue weighted by molar-refractivity contribution is 6.01. The topological polar surface area (TPSA) is 91.6 Å². The number of aromatic nitrogens is 3. The number of pyridine rings is 1. The molecule has 1 unspecified atom stereocenters. The number of aliphatic hydroxyl groups is 1. The summed E-state index contributed by atoms with van der Waals surface area (Å²) < 4.78 is 35.9. The number of phenolic OH excluding ortho intramolecular Hbond substituents is 1. The first kappa shape index (κ1) is 22.2. The molecule has 1 aliphatic rings. The summed E-state index contributed by atoms with van der Waals surface area (Å²) in [6.07, 6.45) is 2.80. The number of ether oxygens (including phenoxy) is 1. The quantitative estimate of drug-likeness (QED) is 0.462. The Bertz CT molecular complexity index is 1410. The second kappa shape index (κ2) is 8.64. The number of halogens is 2. The van der Waals surface area contributed by atoms with Crippen LogP contribution in [0.25, 0.3) is 32.9 Å². The van der Waals surface area contributed by atoms with Crippen molar-refractivity contribution in [2.45, 2.75) is 32.3 Å². The summed E-state index contributed by atoms with van der Waals surface area (Å²) >= 11 is 0. The molecule has 1 fully saturated rings. The van der Waals surface area contributed by atoms with Gasteiger partial charge < -0.3 is 19.8 Å². The molecule has 0 radical (unpaired) electrons. The van der Waals surface area contributed by atoms with E-state index in [0.717, 1.165) is 6.42 Å². The minimum absolute atomic E-state index is 0.00198. The van der Waals surface area contributed by atoms with E-state index in [1.54, 1.807) is 6.07 Å². The Labute approximate surface area is 194 Å². The summed E-state index contributed by atoms with van der Waals surface area (Å²) in [6, 6.07) is 5.78. The van der Waals surface area contributed by atoms with E-state index in [0.29, 0.717) is 53.5 Å². The van der Waals surface area contributed by atoms with E-state index in [2.05, 4.69) is 15.0 Å². The molecule has 34 heavy (non-hydrogen) atoms. The highest BCUT2D eigenvalue weighted by atomic mass is 19.1. The van der Waals surface area contributed by atoms with E-state index in [4.69, 9.17) is 4.74 Å². The van der Waals surface area contributed by atoms with Gasteiger partial charge in [-0.15, -0.1) is 0 Å². The maximum absolute atomic E-state index is 16.0. The molecule has 9 heteroatoms. The van der Waals surface area contributed by atoms with Crippen LogP contribution >= 0.6 is 0 Å². The van der Waals surface area contributed by atoms with E-state index >= 15 is 4.39 Å². The molecule has 0 aliphatic carbocycles. The predicted molar refractivity (Wildman–Crippen MR) is 125 cm³/mol. The van der Waals surface area contributed by atoms with Gasteiger partial charge in [0.1, 0.15) is 28.6 Å². The van der Waals surface area contributed by atoms with Crippen molar-refractivity contribution >= 4 is 27.5 Å². The fraction of sp³-hybridized carbons (Fsp3) is 0.320. The molecule has 5 rings (SSSR count). The zero-order chi connectivity index (χ0) is 24.0. The third-order valence-electron chi connectivity index (χ3n) is 6.28. The largest absolute Gasteiger partial charge is 0.508 e. The van der Waals surface area contributed by atoms with Crippen LogP contribution in [-0.2, 0) is 6.42 Å². The summed E-state index contributed by atoms with van der Waals surface area (Å²) in [5, 5.41) is 21.9. The van der Waals surface area contributed by atoms with Crippen molar-refractivity contribution in [3.05, 3.63) is 47.7 Å². The average molecular weight is 466 g/mol. The van der Waals surface area contributed by atoms with Crippen LogP contribution in [0.2, 0.25) is 0 Å². The van der Waals surface area contributed by atoms with Crippen LogP contribution in [0.5, 0.6) is 11.8 Å². The fourth-order valence-corrected chi connectivity index (χ4v) is 4.72. The smallest absolute Gasteiger partial charge is 0.318 e. The number of aromatic hydroxyl groups is 1. The minimum Gasteiger partial charge on any atom is -0.508 e. The zero-order valence-corrected chi connectivity index (χ0v) is 18.8. The molecule has 0 amide bonds. The molecular weight excluding hydrogens is 442 g/mol. The van der Waals surface area contributed by atoms with E-state index in [1.165, 1.54) is 31.5 Å². The third-order valence-corrected chi connectivity index (χ3v) is 6.28. The van der Waals surface area contributed by atoms with Gasteiger partial charge in [0.15, 0.2) is 5.82 Å². The van der Waals surface area contributed by atoms with Gasteiger partial charge in [0, 0.05) is 24.8 Å². The van der Waals surface area contributed by atoms with Crippen molar-refractivity contribution < 1.29 is 23.7 Å². The zero-order valence-electron chi connectivity index (χ0n) is 18.8. The summed E-state index contributed by atoms with van der Waals surface area (Å²) in [4.78, 5) is 14.9. The Kier molecular flexibility index (Phi) is 5.65. The number of rotatable bonds is 4. The molecule has 176 valence electrons. The molecule has 0 bridgehead atoms. The van der Waals surface area contributed by atoms with Crippen molar-refractivity contribution in [3.8, 4) is 23.0 Å². The number of aryl methyl sites for hydroxylation is 1. The third kappa shape index (κ3) is 3.66. The highest BCUT2D eigenvalue weighted by Gasteiger charge is 2.25. The van der Waals surface area contributed by atoms with Gasteiger partial charge in [-0.2, -0.15) is 9.97 Å². The molecule has 0 spiro atoms. The van der Waals surface area contributed by atoms with Crippen molar-refractivity contribution in [2.24, 2.45) is 0 Å². The molecule has 1 atom stereocenters. The summed E-state index contributed by atoms with van der Waals surface area (Å²) in [7, 11) is 1.40. The first-order valence-electron chi connectivity index (χ1n) is 11.2. The number of phenols is 1. The number of fused-ring (bicyclic) bond motifs is 2. The van der Waals surface area contributed by atoms with Gasteiger partial charge in [-0.3, -0.25) is 4.98 Å². The lowest BCUT2D eigenvalue weighted by Gasteiger charge is -2.31. The fourth-order valence-electron chi connectivity index (χ4n) is 4.72. The molecule has 4 aromatic rings. The van der Waals surface area contributed by atoms with Crippen molar-refractivity contribution in [1.29, 1.82) is 0 Å². The van der Waals surface area contributed by atoms with Crippen molar-refractivity contribution in [3.63, 3.8) is 0 Å². The molecule has 7 nitrogen and oxygen atoms in total. The number of hydrogen-bond acceptors (Lipinski definition) is 7. The van der Waals surface area contributed by atoms with Gasteiger partial charge in [-0.25, -0.2) is 8.78 Å². The average Bonchev–Trinajstić information content (AvgIpc) is 2.83. The molecule has 0 saturated carbocycles. The minimum atomic E-state index is -0.727. The lowest BCUT2D eigenvalue weighted by atomic mass is 9.94. The second-order valence-electron chi connectivity index (χ2n) is 8.43. The van der Waals surface area contributed by atoms with Gasteiger partial charge >= 0.3 is 6.01 Å². The van der Waals surface area contributed by atoms with Crippen LogP contribution < -0.4 is 9.64 Å². The highest BCUT2D eigenvalue weighted by Crippen LogP contribution is 2.39. The maximum atomic E-state index is 16.0. The number of piperidine rings is 1. The van der Waals surface area contributed by atoms with Crippen LogP contribution in [0.3, 0.4) is 0 Å². The Hall–Kier alpha value is -3.59. The molecule has 2 aromatic heterocycles. The number of methoxy groups -OCH3 is 1. The molecule has 2 aromatic carbocycles. The van der Waals surface area contributed by atoms with E-state index in [-0.39, 0.29) is 28.5 Å². The second-order valence-corrected chi connectivity index (χ2v) is 8.43. The Morgan fingerprint density at radius 3 is 2.76 bits per heavy atom. The number of benzene rings is 2. The number of nitrogens with zero attached hydrogens (tertiary/aromatic N) is 4. The number of aliphatic hydroxyl groups excluding tert-OH is 1. The Balaban J connectivity index is 1.78. The lowest BCUT2D eigenvalue weighted by molar-refractivity contribution is 0.154. The Morgan fingerprint density at radius 2 is 2.03 bits per heavy atom. The predicted octanol–water partition coefficient (Wildman–Crippen LogP) is 4.36. The van der Waals surface area contributed by atoms with Crippen LogP contribution in [0.1, 0.15) is 25.3 Å². The molecule has 1 saturated heterocycles. The molecule has 2 N–H and O–H groups in total. The van der Waals surface area contributed by atoms with Gasteiger partial charge in [0.2, 0.25) is 0 Å². The van der Waals surface area contributed by atoms with Gasteiger partial charge in [0.05, 0.1) is 18.6 Å². The number of β-amino-alcohol motifs (C(OH)–C–C–N with tert-alkyl or cyclic N) is 1. The number of hydrogen-bond donors (Lipinski definition) is 2. The normalized spacial score (nSPS) is 16.4. The van der Waals surface area contributed by atoms with Crippen LogP contribution in [-0.4, -0.2) is 51.5 Å². The van der Waals surface area contributed by atoms with E-state index in [1.807, 2.05) is 11.8 Å². The first-order chi connectivity index (χ1) is 16.4. The van der Waals surface area contributed by atoms with Gasteiger partial charge in [0.25, 0.3) is 0 Å². The van der Waals surface area contributed by atoms with E-state index < -0.39 is 17.7 Å². The van der Waals surface area contributed by atoms with E-state index in [9.17, 15) is 14.6 Å². The summed E-state index contributed by atoms with van der Waals surface area (Å²) in [5.41, 5.74) is 0.632. The summed E-state index contributed by atoms with van der Waals surface area (Å²) in [6.45, 7) is 2.82. The monoisotopic (exact) mass is 466 g/mol. The summed E-state index contributed by atoms with van der Waals surface area (Å²) in [5.74, 6) is -0.784. The van der Waals surface area contributed by atoms with Crippen LogP contribution in [0.4, 0.5) is 14.6 Å². The number of anilines is 1. The van der Waals surface area contributed by atoms with Crippen molar-refractivity contribution in [2.75, 3.05) is 25.1 Å². The molecule has 3 heterocycles. The lowest BCUT2D eigenvalue weighted by Crippen LogP contribution is -2.38. The molecular formula is C25H24F2N4O3. The SMILES string of the molecule is CCc1c(F)ccc2cc(O)cc(-c3ncc4c(N5CCCC(O)C5)nc(OC)nc4c3F)c12. The van der Waals surface area contributed by atoms with Gasteiger partial charge in [-0.1, -0.05) is 13.0 Å². The van der Waals surface area contributed by atoms with Crippen LogP contribution in [0, 0.1) is 11.6 Å². The standard InChI is InChI=1S/C25H24F2N4O3/c1-3-16-19(26)7-6-13-9-15(33)10-17(20(13)16)22-21(27)23-18(11-28-22)24(30-25(29-23)34-2)31-8-4-5-14(32)12-31/h6-7,9-11,14,32-33H,3-5,8,12H2,1-2H3. The van der Waals surface area contributed by atoms with Crippen LogP contribution in [0.15, 0.2) is 30.5 Å². The van der Waals surface area contributed by atoms with Crippen molar-refractivity contribution in [1.82, 2.24) is 15.0 Å².